The van der Waals surface area contributed by atoms with Crippen molar-refractivity contribution in [1.29, 1.82) is 0 Å². The van der Waals surface area contributed by atoms with Gasteiger partial charge in [0.2, 0.25) is 0 Å². The van der Waals surface area contributed by atoms with Crippen LogP contribution >= 0.6 is 11.3 Å². The van der Waals surface area contributed by atoms with Gasteiger partial charge in [0.15, 0.2) is 0 Å². The van der Waals surface area contributed by atoms with Crippen molar-refractivity contribution in [3.63, 3.8) is 0 Å². The standard InChI is InChI=1S/C13H19N5S/c1-10-15-11(9-19-10)8-17-5-2-12(3-6-17)18-7-4-13(14)16-18/h4,7,9,12H,2-3,5-6,8H2,1H3,(H2,14,16). The predicted molar refractivity (Wildman–Crippen MR) is 77.0 cm³/mol. The molecule has 0 aliphatic carbocycles. The van der Waals surface area contributed by atoms with Gasteiger partial charge in [0, 0.05) is 31.2 Å². The zero-order valence-electron chi connectivity index (χ0n) is 11.1. The number of aryl methyl sites for hydroxylation is 1. The normalized spacial score (nSPS) is 17.9. The molecule has 19 heavy (non-hydrogen) atoms. The van der Waals surface area contributed by atoms with E-state index in [4.69, 9.17) is 5.73 Å². The Bertz CT molecular complexity index is 539. The van der Waals surface area contributed by atoms with Crippen LogP contribution in [0.25, 0.3) is 0 Å². The topological polar surface area (TPSA) is 60.0 Å². The molecule has 1 fully saturated rings. The van der Waals surface area contributed by atoms with Crippen LogP contribution in [0.3, 0.4) is 0 Å². The number of nitrogen functional groups attached to an aromatic ring is 1. The Morgan fingerprint density at radius 2 is 2.21 bits per heavy atom. The molecular weight excluding hydrogens is 258 g/mol. The van der Waals surface area contributed by atoms with Crippen molar-refractivity contribution >= 4 is 17.2 Å². The lowest BCUT2D eigenvalue weighted by Gasteiger charge is -2.31. The predicted octanol–water partition coefficient (Wildman–Crippen LogP) is 2.07. The summed E-state index contributed by atoms with van der Waals surface area (Å²) in [5.74, 6) is 0.611. The number of anilines is 1. The molecule has 6 heteroatoms. The highest BCUT2D eigenvalue weighted by atomic mass is 32.1. The van der Waals surface area contributed by atoms with Gasteiger partial charge in [-0.05, 0) is 25.8 Å². The van der Waals surface area contributed by atoms with Gasteiger partial charge in [0.1, 0.15) is 5.82 Å². The minimum Gasteiger partial charge on any atom is -0.382 e. The van der Waals surface area contributed by atoms with Crippen molar-refractivity contribution in [2.75, 3.05) is 18.8 Å². The number of hydrogen-bond donors (Lipinski definition) is 1. The van der Waals surface area contributed by atoms with Crippen LogP contribution in [0.15, 0.2) is 17.6 Å². The van der Waals surface area contributed by atoms with Crippen LogP contribution in [0.4, 0.5) is 5.82 Å². The van der Waals surface area contributed by atoms with Crippen molar-refractivity contribution < 1.29 is 0 Å². The van der Waals surface area contributed by atoms with Gasteiger partial charge >= 0.3 is 0 Å². The molecule has 2 N–H and O–H groups in total. The molecule has 102 valence electrons. The van der Waals surface area contributed by atoms with E-state index in [-0.39, 0.29) is 0 Å². The average molecular weight is 277 g/mol. The van der Waals surface area contributed by atoms with Crippen LogP contribution in [0.2, 0.25) is 0 Å². The van der Waals surface area contributed by atoms with Crippen LogP contribution in [-0.4, -0.2) is 32.8 Å². The van der Waals surface area contributed by atoms with E-state index < -0.39 is 0 Å². The SMILES string of the molecule is Cc1nc(CN2CCC(n3ccc(N)n3)CC2)cs1. The van der Waals surface area contributed by atoms with Crippen molar-refractivity contribution in [1.82, 2.24) is 19.7 Å². The minimum absolute atomic E-state index is 0.491. The molecule has 1 aliphatic heterocycles. The number of hydrogen-bond acceptors (Lipinski definition) is 5. The molecule has 2 aromatic heterocycles. The van der Waals surface area contributed by atoms with Gasteiger partial charge in [-0.1, -0.05) is 0 Å². The average Bonchev–Trinajstić information content (AvgIpc) is 3.00. The summed E-state index contributed by atoms with van der Waals surface area (Å²) in [6, 6.07) is 2.36. The Morgan fingerprint density at radius 3 is 2.79 bits per heavy atom. The molecule has 1 saturated heterocycles. The van der Waals surface area contributed by atoms with Crippen molar-refractivity contribution in [2.24, 2.45) is 0 Å². The smallest absolute Gasteiger partial charge is 0.145 e. The number of thiazole rings is 1. The zero-order chi connectivity index (χ0) is 13.2. The zero-order valence-corrected chi connectivity index (χ0v) is 11.9. The minimum atomic E-state index is 0.491. The number of aromatic nitrogens is 3. The van der Waals surface area contributed by atoms with E-state index in [1.165, 1.54) is 5.69 Å². The molecule has 0 aromatic carbocycles. The fourth-order valence-electron chi connectivity index (χ4n) is 2.61. The second-order valence-corrected chi connectivity index (χ2v) is 6.15. The number of nitrogens with two attached hydrogens (primary N) is 1. The largest absolute Gasteiger partial charge is 0.382 e. The molecular formula is C13H19N5S. The molecule has 0 bridgehead atoms. The fourth-order valence-corrected chi connectivity index (χ4v) is 3.21. The van der Waals surface area contributed by atoms with Gasteiger partial charge < -0.3 is 5.73 Å². The molecule has 0 radical (unpaired) electrons. The number of piperidine rings is 1. The van der Waals surface area contributed by atoms with Crippen LogP contribution < -0.4 is 5.73 Å². The highest BCUT2D eigenvalue weighted by Gasteiger charge is 2.21. The third-order valence-corrected chi connectivity index (χ3v) is 4.43. The third kappa shape index (κ3) is 2.96. The summed E-state index contributed by atoms with van der Waals surface area (Å²) in [5, 5.41) is 7.62. The summed E-state index contributed by atoms with van der Waals surface area (Å²) in [5.41, 5.74) is 6.87. The monoisotopic (exact) mass is 277 g/mol. The van der Waals surface area contributed by atoms with Gasteiger partial charge in [0.25, 0.3) is 0 Å². The van der Waals surface area contributed by atoms with Crippen molar-refractivity contribution in [2.45, 2.75) is 32.4 Å². The molecule has 0 atom stereocenters. The summed E-state index contributed by atoms with van der Waals surface area (Å²) < 4.78 is 2.01. The summed E-state index contributed by atoms with van der Waals surface area (Å²) in [6.07, 6.45) is 4.24. The Hall–Kier alpha value is -1.40. The first-order valence-corrected chi connectivity index (χ1v) is 7.52. The quantitative estimate of drug-likeness (QED) is 0.933. The first-order valence-electron chi connectivity index (χ1n) is 6.65. The molecule has 5 nitrogen and oxygen atoms in total. The van der Waals surface area contributed by atoms with Gasteiger partial charge in [-0.15, -0.1) is 11.3 Å². The first-order chi connectivity index (χ1) is 9.20. The van der Waals surface area contributed by atoms with E-state index in [9.17, 15) is 0 Å². The van der Waals surface area contributed by atoms with Crippen molar-refractivity contribution in [3.05, 3.63) is 28.3 Å². The molecule has 3 rings (SSSR count). The Kier molecular flexibility index (Phi) is 3.52. The summed E-state index contributed by atoms with van der Waals surface area (Å²) >= 11 is 1.73. The maximum Gasteiger partial charge on any atom is 0.145 e. The van der Waals surface area contributed by atoms with Crippen LogP contribution in [0.5, 0.6) is 0 Å². The van der Waals surface area contributed by atoms with E-state index in [1.54, 1.807) is 11.3 Å². The lowest BCUT2D eigenvalue weighted by Crippen LogP contribution is -2.34. The third-order valence-electron chi connectivity index (χ3n) is 3.61. The van der Waals surface area contributed by atoms with Gasteiger partial charge in [-0.2, -0.15) is 5.10 Å². The molecule has 2 aromatic rings. The lowest BCUT2D eigenvalue weighted by molar-refractivity contribution is 0.172. The molecule has 1 aliphatic rings. The van der Waals surface area contributed by atoms with E-state index in [0.717, 1.165) is 37.5 Å². The van der Waals surface area contributed by atoms with Crippen molar-refractivity contribution in [3.8, 4) is 0 Å². The van der Waals surface area contributed by atoms with Gasteiger partial charge in [-0.3, -0.25) is 9.58 Å². The van der Waals surface area contributed by atoms with Crippen LogP contribution in [-0.2, 0) is 6.54 Å². The molecule has 0 spiro atoms. The van der Waals surface area contributed by atoms with Crippen LogP contribution in [0.1, 0.15) is 29.6 Å². The Labute approximate surface area is 117 Å². The second-order valence-electron chi connectivity index (χ2n) is 5.09. The molecule has 3 heterocycles. The number of rotatable bonds is 3. The Morgan fingerprint density at radius 1 is 1.42 bits per heavy atom. The first kappa shape index (κ1) is 12.6. The molecule has 0 unspecified atom stereocenters. The Balaban J connectivity index is 1.54. The van der Waals surface area contributed by atoms with E-state index in [0.29, 0.717) is 11.9 Å². The van der Waals surface area contributed by atoms with Gasteiger partial charge in [0.05, 0.1) is 16.7 Å². The summed E-state index contributed by atoms with van der Waals surface area (Å²) in [4.78, 5) is 7.00. The lowest BCUT2D eigenvalue weighted by atomic mass is 10.1. The molecule has 0 saturated carbocycles. The maximum absolute atomic E-state index is 5.67. The maximum atomic E-state index is 5.67. The summed E-state index contributed by atoms with van der Waals surface area (Å²) in [6.45, 7) is 5.23. The van der Waals surface area contributed by atoms with Gasteiger partial charge in [-0.25, -0.2) is 4.98 Å². The second kappa shape index (κ2) is 5.30. The number of likely N-dealkylation sites (tertiary alicyclic amines) is 1. The van der Waals surface area contributed by atoms with Crippen LogP contribution in [0, 0.1) is 6.92 Å². The van der Waals surface area contributed by atoms with E-state index in [1.807, 2.05) is 16.9 Å². The van der Waals surface area contributed by atoms with E-state index in [2.05, 4.69) is 27.3 Å². The highest BCUT2D eigenvalue weighted by Crippen LogP contribution is 2.23. The highest BCUT2D eigenvalue weighted by molar-refractivity contribution is 7.09. The fraction of sp³-hybridized carbons (Fsp3) is 0.538. The number of nitrogens with zero attached hydrogens (tertiary/aromatic N) is 4. The van der Waals surface area contributed by atoms with E-state index >= 15 is 0 Å². The summed E-state index contributed by atoms with van der Waals surface area (Å²) in [7, 11) is 0. The molecule has 0 amide bonds.